The van der Waals surface area contributed by atoms with Crippen molar-refractivity contribution in [1.82, 2.24) is 0 Å². The van der Waals surface area contributed by atoms with Gasteiger partial charge in [-0.2, -0.15) is 0 Å². The molecule has 1 fully saturated rings. The van der Waals surface area contributed by atoms with Crippen LogP contribution in [-0.4, -0.2) is 12.6 Å². The monoisotopic (exact) mass is 164 g/mol. The summed E-state index contributed by atoms with van der Waals surface area (Å²) in [4.78, 5) is 21.6. The van der Waals surface area contributed by atoms with Gasteiger partial charge in [-0.1, -0.05) is 13.0 Å². The summed E-state index contributed by atoms with van der Waals surface area (Å²) in [5, 5.41) is 0. The van der Waals surface area contributed by atoms with Gasteiger partial charge in [0, 0.05) is 5.57 Å². The van der Waals surface area contributed by atoms with E-state index in [0.29, 0.717) is 5.57 Å². The van der Waals surface area contributed by atoms with Crippen molar-refractivity contribution < 1.29 is 9.59 Å². The molecule has 2 aliphatic rings. The molecule has 0 aromatic heterocycles. The minimum Gasteiger partial charge on any atom is -0.302 e. The minimum atomic E-state index is -0.396. The summed E-state index contributed by atoms with van der Waals surface area (Å²) in [6.07, 6.45) is 6.58. The van der Waals surface area contributed by atoms with Gasteiger partial charge in [0.1, 0.15) is 12.6 Å². The first-order chi connectivity index (χ1) is 5.68. The van der Waals surface area contributed by atoms with Crippen LogP contribution in [0.2, 0.25) is 0 Å². The number of carbonyl (C=O) groups excluding carboxylic acids is 2. The van der Waals surface area contributed by atoms with Gasteiger partial charge in [-0.15, -0.1) is 0 Å². The van der Waals surface area contributed by atoms with Gasteiger partial charge in [0.05, 0.1) is 5.41 Å². The average molecular weight is 164 g/mol. The highest BCUT2D eigenvalue weighted by Crippen LogP contribution is 2.70. The van der Waals surface area contributed by atoms with E-state index in [1.54, 1.807) is 0 Å². The lowest BCUT2D eigenvalue weighted by Crippen LogP contribution is -2.20. The summed E-state index contributed by atoms with van der Waals surface area (Å²) in [5.74, 6) is 0. The zero-order chi connectivity index (χ0) is 8.82. The molecular weight excluding hydrogens is 152 g/mol. The topological polar surface area (TPSA) is 34.1 Å². The Morgan fingerprint density at radius 3 is 2.75 bits per heavy atom. The Hall–Kier alpha value is -0.920. The highest BCUT2D eigenvalue weighted by Gasteiger charge is 2.66. The van der Waals surface area contributed by atoms with E-state index < -0.39 is 5.41 Å². The van der Waals surface area contributed by atoms with E-state index in [1.807, 2.05) is 6.08 Å². The number of carbonyl (C=O) groups is 2. The average Bonchev–Trinajstić information content (AvgIpc) is 2.71. The highest BCUT2D eigenvalue weighted by molar-refractivity contribution is 5.88. The molecule has 2 rings (SSSR count). The van der Waals surface area contributed by atoms with Crippen LogP contribution in [0.4, 0.5) is 0 Å². The Bertz CT molecular complexity index is 280. The van der Waals surface area contributed by atoms with Crippen LogP contribution in [-0.2, 0) is 9.59 Å². The Morgan fingerprint density at radius 1 is 1.50 bits per heavy atom. The van der Waals surface area contributed by atoms with E-state index in [1.165, 1.54) is 0 Å². The minimum absolute atomic E-state index is 0.0970. The van der Waals surface area contributed by atoms with Crippen LogP contribution in [0.3, 0.4) is 0 Å². The molecule has 0 amide bonds. The van der Waals surface area contributed by atoms with Crippen LogP contribution in [0, 0.1) is 10.8 Å². The molecule has 0 heterocycles. The third-order valence-corrected chi connectivity index (χ3v) is 3.52. The van der Waals surface area contributed by atoms with Crippen molar-refractivity contribution >= 4 is 12.6 Å². The second-order valence-corrected chi connectivity index (χ2v) is 4.14. The normalized spacial score (nSPS) is 44.2. The zero-order valence-electron chi connectivity index (χ0n) is 7.17. The van der Waals surface area contributed by atoms with Crippen LogP contribution in [0.1, 0.15) is 26.2 Å². The van der Waals surface area contributed by atoms with Gasteiger partial charge in [0.15, 0.2) is 0 Å². The molecule has 1 saturated carbocycles. The summed E-state index contributed by atoms with van der Waals surface area (Å²) in [7, 11) is 0. The van der Waals surface area contributed by atoms with Crippen molar-refractivity contribution in [2.24, 2.45) is 10.8 Å². The number of hydrogen-bond donors (Lipinski definition) is 0. The first-order valence-corrected chi connectivity index (χ1v) is 4.31. The van der Waals surface area contributed by atoms with E-state index in [4.69, 9.17) is 0 Å². The fraction of sp³-hybridized carbons (Fsp3) is 0.600. The Balaban J connectivity index is 2.42. The number of hydrogen-bond acceptors (Lipinski definition) is 2. The molecule has 0 aliphatic heterocycles. The van der Waals surface area contributed by atoms with Crippen molar-refractivity contribution in [1.29, 1.82) is 0 Å². The van der Waals surface area contributed by atoms with E-state index in [2.05, 4.69) is 6.92 Å². The van der Waals surface area contributed by atoms with E-state index in [9.17, 15) is 9.59 Å². The van der Waals surface area contributed by atoms with Crippen LogP contribution in [0.5, 0.6) is 0 Å². The summed E-state index contributed by atoms with van der Waals surface area (Å²) in [5.41, 5.74) is 0.415. The molecule has 0 saturated heterocycles. The van der Waals surface area contributed by atoms with Gasteiger partial charge < -0.3 is 4.79 Å². The molecule has 0 radical (unpaired) electrons. The van der Waals surface area contributed by atoms with Gasteiger partial charge in [0.25, 0.3) is 0 Å². The molecule has 0 spiro atoms. The standard InChI is InChI=1S/C10H12O2/c1-9-4-2-3-8(5-11)10(9,6-9)7-12/h3,5,7H,2,4,6H2,1H3/t9-,10+/m1/s1. The second kappa shape index (κ2) is 2.06. The van der Waals surface area contributed by atoms with Crippen molar-refractivity contribution in [2.75, 3.05) is 0 Å². The molecule has 0 bridgehead atoms. The summed E-state index contributed by atoms with van der Waals surface area (Å²) < 4.78 is 0. The number of allylic oxidation sites excluding steroid dienone is 2. The molecule has 12 heavy (non-hydrogen) atoms. The summed E-state index contributed by atoms with van der Waals surface area (Å²) in [6, 6.07) is 0. The predicted molar refractivity (Wildman–Crippen MR) is 44.6 cm³/mol. The molecule has 64 valence electrons. The van der Waals surface area contributed by atoms with Gasteiger partial charge in [-0.25, -0.2) is 0 Å². The second-order valence-electron chi connectivity index (χ2n) is 4.14. The molecular formula is C10H12O2. The SMILES string of the molecule is C[C@]12CCC=C(C=O)[C@@]1(C=O)C2. The molecule has 2 heteroatoms. The van der Waals surface area contributed by atoms with Crippen LogP contribution < -0.4 is 0 Å². The number of fused-ring (bicyclic) bond motifs is 1. The lowest BCUT2D eigenvalue weighted by Gasteiger charge is -2.21. The lowest BCUT2D eigenvalue weighted by atomic mass is 9.81. The molecule has 2 atom stereocenters. The third kappa shape index (κ3) is 0.655. The largest absolute Gasteiger partial charge is 0.302 e. The zero-order valence-corrected chi connectivity index (χ0v) is 7.17. The maximum atomic E-state index is 10.9. The Morgan fingerprint density at radius 2 is 2.25 bits per heavy atom. The van der Waals surface area contributed by atoms with E-state index >= 15 is 0 Å². The molecule has 2 aliphatic carbocycles. The smallest absolute Gasteiger partial charge is 0.146 e. The summed E-state index contributed by atoms with van der Waals surface area (Å²) in [6.45, 7) is 2.10. The Labute approximate surface area is 71.6 Å². The van der Waals surface area contributed by atoms with Crippen molar-refractivity contribution in [3.63, 3.8) is 0 Å². The quantitative estimate of drug-likeness (QED) is 0.579. The van der Waals surface area contributed by atoms with E-state index in [-0.39, 0.29) is 5.41 Å². The molecule has 0 aromatic carbocycles. The first-order valence-electron chi connectivity index (χ1n) is 4.31. The maximum Gasteiger partial charge on any atom is 0.146 e. The van der Waals surface area contributed by atoms with Crippen LogP contribution in [0.25, 0.3) is 0 Å². The molecule has 0 aromatic rings. The van der Waals surface area contributed by atoms with Gasteiger partial charge >= 0.3 is 0 Å². The highest BCUT2D eigenvalue weighted by atomic mass is 16.1. The summed E-state index contributed by atoms with van der Waals surface area (Å²) >= 11 is 0. The molecule has 0 unspecified atom stereocenters. The van der Waals surface area contributed by atoms with Crippen molar-refractivity contribution in [3.8, 4) is 0 Å². The number of aldehydes is 2. The van der Waals surface area contributed by atoms with Gasteiger partial charge in [-0.05, 0) is 24.7 Å². The van der Waals surface area contributed by atoms with Gasteiger partial charge in [0.2, 0.25) is 0 Å². The molecule has 0 N–H and O–H groups in total. The van der Waals surface area contributed by atoms with Crippen molar-refractivity contribution in [3.05, 3.63) is 11.6 Å². The van der Waals surface area contributed by atoms with Crippen molar-refractivity contribution in [2.45, 2.75) is 26.2 Å². The third-order valence-electron chi connectivity index (χ3n) is 3.52. The number of rotatable bonds is 2. The fourth-order valence-electron chi connectivity index (χ4n) is 2.47. The van der Waals surface area contributed by atoms with Crippen LogP contribution >= 0.6 is 0 Å². The maximum absolute atomic E-state index is 10.9. The molecule has 2 nitrogen and oxygen atoms in total. The Kier molecular flexibility index (Phi) is 1.33. The van der Waals surface area contributed by atoms with Crippen LogP contribution in [0.15, 0.2) is 11.6 Å². The predicted octanol–water partition coefficient (Wildman–Crippen LogP) is 1.50. The van der Waals surface area contributed by atoms with Gasteiger partial charge in [-0.3, -0.25) is 4.79 Å². The first kappa shape index (κ1) is 7.71. The van der Waals surface area contributed by atoms with E-state index in [0.717, 1.165) is 31.8 Å². The lowest BCUT2D eigenvalue weighted by molar-refractivity contribution is -0.114. The fourth-order valence-corrected chi connectivity index (χ4v) is 2.47.